The lowest BCUT2D eigenvalue weighted by Crippen LogP contribution is -2.38. The van der Waals surface area contributed by atoms with Gasteiger partial charge in [-0.25, -0.2) is 0 Å². The van der Waals surface area contributed by atoms with Crippen molar-refractivity contribution in [2.24, 2.45) is 0 Å². The number of likely N-dealkylation sites (N-methyl/N-ethyl adjacent to an activating group) is 1. The molecule has 2 nitrogen and oxygen atoms in total. The van der Waals surface area contributed by atoms with Crippen molar-refractivity contribution < 1.29 is 0 Å². The molecule has 1 aromatic heterocycles. The van der Waals surface area contributed by atoms with E-state index in [1.54, 1.807) is 0 Å². The van der Waals surface area contributed by atoms with Crippen molar-refractivity contribution in [3.63, 3.8) is 0 Å². The predicted octanol–water partition coefficient (Wildman–Crippen LogP) is 3.08. The Hall–Kier alpha value is 0.1000. The Morgan fingerprint density at radius 1 is 1.56 bits per heavy atom. The fourth-order valence-electron chi connectivity index (χ4n) is 2.19. The van der Waals surface area contributed by atoms with Gasteiger partial charge in [0.15, 0.2) is 0 Å². The zero-order chi connectivity index (χ0) is 11.4. The second-order valence-corrected chi connectivity index (χ2v) is 6.41. The van der Waals surface area contributed by atoms with E-state index < -0.39 is 0 Å². The summed E-state index contributed by atoms with van der Waals surface area (Å²) >= 11 is 5.35. The first-order valence-corrected chi connectivity index (χ1v) is 7.57. The topological polar surface area (TPSA) is 15.3 Å². The van der Waals surface area contributed by atoms with Gasteiger partial charge in [-0.05, 0) is 48.4 Å². The molecule has 0 saturated carbocycles. The van der Waals surface area contributed by atoms with Gasteiger partial charge in [0.1, 0.15) is 0 Å². The van der Waals surface area contributed by atoms with Gasteiger partial charge >= 0.3 is 0 Å². The average Bonchev–Trinajstić information content (AvgIpc) is 2.56. The molecule has 0 bridgehead atoms. The summed E-state index contributed by atoms with van der Waals surface area (Å²) in [4.78, 5) is 3.93. The second kappa shape index (κ2) is 6.15. The number of thiophene rings is 1. The molecule has 90 valence electrons. The lowest BCUT2D eigenvalue weighted by Gasteiger charge is -2.26. The zero-order valence-corrected chi connectivity index (χ0v) is 12.1. The first kappa shape index (κ1) is 12.6. The highest BCUT2D eigenvalue weighted by atomic mass is 79.9. The van der Waals surface area contributed by atoms with Crippen LogP contribution in [0.4, 0.5) is 0 Å². The van der Waals surface area contributed by atoms with Crippen LogP contribution in [0.25, 0.3) is 0 Å². The van der Waals surface area contributed by atoms with Crippen LogP contribution in [0.15, 0.2) is 15.9 Å². The molecule has 1 atom stereocenters. The van der Waals surface area contributed by atoms with Gasteiger partial charge in [-0.3, -0.25) is 4.90 Å². The van der Waals surface area contributed by atoms with Crippen LogP contribution in [0.3, 0.4) is 0 Å². The summed E-state index contributed by atoms with van der Waals surface area (Å²) < 4.78 is 1.21. The Morgan fingerprint density at radius 3 is 3.19 bits per heavy atom. The summed E-state index contributed by atoms with van der Waals surface area (Å²) in [7, 11) is 2.24. The van der Waals surface area contributed by atoms with Gasteiger partial charge in [-0.2, -0.15) is 0 Å². The van der Waals surface area contributed by atoms with Gasteiger partial charge in [0.05, 0.1) is 0 Å². The second-order valence-electron chi connectivity index (χ2n) is 4.50. The molecule has 2 rings (SSSR count). The summed E-state index contributed by atoms with van der Waals surface area (Å²) in [6.07, 6.45) is 4.01. The van der Waals surface area contributed by atoms with Crippen LogP contribution in [-0.4, -0.2) is 31.1 Å². The van der Waals surface area contributed by atoms with Crippen molar-refractivity contribution in [3.05, 3.63) is 20.8 Å². The Labute approximate surface area is 110 Å². The quantitative estimate of drug-likeness (QED) is 0.923. The molecule has 1 aliphatic heterocycles. The summed E-state index contributed by atoms with van der Waals surface area (Å²) in [5.74, 6) is 0. The molecule has 2 heterocycles. The first-order chi connectivity index (χ1) is 7.75. The Morgan fingerprint density at radius 2 is 2.44 bits per heavy atom. The van der Waals surface area contributed by atoms with Crippen molar-refractivity contribution in [1.29, 1.82) is 0 Å². The average molecular weight is 303 g/mol. The normalized spacial score (nSPS) is 22.3. The van der Waals surface area contributed by atoms with E-state index in [-0.39, 0.29) is 0 Å². The molecule has 16 heavy (non-hydrogen) atoms. The highest BCUT2D eigenvalue weighted by molar-refractivity contribution is 9.10. The monoisotopic (exact) mass is 302 g/mol. The maximum atomic E-state index is 3.52. The van der Waals surface area contributed by atoms with E-state index >= 15 is 0 Å². The number of nitrogens with one attached hydrogen (secondary N) is 1. The molecule has 0 spiro atoms. The van der Waals surface area contributed by atoms with Crippen molar-refractivity contribution >= 4 is 27.3 Å². The molecule has 0 radical (unpaired) electrons. The van der Waals surface area contributed by atoms with E-state index in [9.17, 15) is 0 Å². The Kier molecular flexibility index (Phi) is 4.82. The van der Waals surface area contributed by atoms with Crippen molar-refractivity contribution in [1.82, 2.24) is 10.2 Å². The van der Waals surface area contributed by atoms with E-state index in [4.69, 9.17) is 0 Å². The zero-order valence-electron chi connectivity index (χ0n) is 9.71. The van der Waals surface area contributed by atoms with Crippen LogP contribution >= 0.6 is 27.3 Å². The van der Waals surface area contributed by atoms with Crippen LogP contribution < -0.4 is 5.32 Å². The molecular weight excluding hydrogens is 284 g/mol. The molecular formula is C12H19BrN2S. The molecule has 0 amide bonds. The van der Waals surface area contributed by atoms with Gasteiger partial charge in [-0.15, -0.1) is 11.3 Å². The van der Waals surface area contributed by atoms with Crippen LogP contribution in [0.1, 0.15) is 24.1 Å². The van der Waals surface area contributed by atoms with Crippen molar-refractivity contribution in [2.45, 2.75) is 31.8 Å². The van der Waals surface area contributed by atoms with Crippen molar-refractivity contribution in [2.75, 3.05) is 20.1 Å². The van der Waals surface area contributed by atoms with Gasteiger partial charge in [0, 0.05) is 33.9 Å². The molecule has 1 saturated heterocycles. The van der Waals surface area contributed by atoms with Crippen LogP contribution in [-0.2, 0) is 6.54 Å². The number of halogens is 1. The molecule has 1 aliphatic rings. The van der Waals surface area contributed by atoms with Crippen LogP contribution in [0, 0.1) is 0 Å². The number of hydrogen-bond donors (Lipinski definition) is 1. The maximum Gasteiger partial charge on any atom is 0.0328 e. The fourth-order valence-corrected chi connectivity index (χ4v) is 3.70. The van der Waals surface area contributed by atoms with Gasteiger partial charge in [0.2, 0.25) is 0 Å². The third-order valence-electron chi connectivity index (χ3n) is 3.17. The predicted molar refractivity (Wildman–Crippen MR) is 74.0 cm³/mol. The van der Waals surface area contributed by atoms with E-state index in [1.807, 2.05) is 11.3 Å². The SMILES string of the molecule is CN(Cc1cc(Br)cs1)C1CCCCNC1. The summed E-state index contributed by atoms with van der Waals surface area (Å²) in [5, 5.41) is 5.68. The minimum absolute atomic E-state index is 0.698. The lowest BCUT2D eigenvalue weighted by atomic mass is 10.1. The first-order valence-electron chi connectivity index (χ1n) is 5.89. The van der Waals surface area contributed by atoms with E-state index in [0.717, 1.165) is 13.1 Å². The minimum Gasteiger partial charge on any atom is -0.315 e. The summed E-state index contributed by atoms with van der Waals surface area (Å²) in [5.41, 5.74) is 0. The fraction of sp³-hybridized carbons (Fsp3) is 0.667. The smallest absolute Gasteiger partial charge is 0.0328 e. The Balaban J connectivity index is 1.88. The van der Waals surface area contributed by atoms with Gasteiger partial charge in [0.25, 0.3) is 0 Å². The minimum atomic E-state index is 0.698. The lowest BCUT2D eigenvalue weighted by molar-refractivity contribution is 0.224. The highest BCUT2D eigenvalue weighted by Gasteiger charge is 2.17. The van der Waals surface area contributed by atoms with Gasteiger partial charge in [-0.1, -0.05) is 6.42 Å². The maximum absolute atomic E-state index is 3.52. The number of hydrogen-bond acceptors (Lipinski definition) is 3. The van der Waals surface area contributed by atoms with Crippen LogP contribution in [0.2, 0.25) is 0 Å². The van der Waals surface area contributed by atoms with Crippen molar-refractivity contribution in [3.8, 4) is 0 Å². The third-order valence-corrected chi connectivity index (χ3v) is 4.85. The molecule has 1 aromatic rings. The number of nitrogens with zero attached hydrogens (tertiary/aromatic N) is 1. The van der Waals surface area contributed by atoms with E-state index in [2.05, 4.69) is 44.6 Å². The molecule has 0 aromatic carbocycles. The largest absolute Gasteiger partial charge is 0.315 e. The highest BCUT2D eigenvalue weighted by Crippen LogP contribution is 2.22. The Bertz CT molecular complexity index is 319. The summed E-state index contributed by atoms with van der Waals surface area (Å²) in [6.45, 7) is 3.40. The van der Waals surface area contributed by atoms with Gasteiger partial charge < -0.3 is 5.32 Å². The summed E-state index contributed by atoms with van der Waals surface area (Å²) in [6, 6.07) is 2.93. The molecule has 4 heteroatoms. The molecule has 1 N–H and O–H groups in total. The number of rotatable bonds is 3. The molecule has 1 fully saturated rings. The standard InChI is InChI=1S/C12H19BrN2S/c1-15(8-12-6-10(13)9-16-12)11-4-2-3-5-14-7-11/h6,9,11,14H,2-5,7-8H2,1H3. The van der Waals surface area contributed by atoms with Crippen LogP contribution in [0.5, 0.6) is 0 Å². The molecule has 1 unspecified atom stereocenters. The third kappa shape index (κ3) is 3.55. The van der Waals surface area contributed by atoms with E-state index in [1.165, 1.54) is 35.2 Å². The van der Waals surface area contributed by atoms with E-state index in [0.29, 0.717) is 6.04 Å². The molecule has 0 aliphatic carbocycles.